The third-order valence-corrected chi connectivity index (χ3v) is 4.94. The van der Waals surface area contributed by atoms with Crippen molar-refractivity contribution in [2.24, 2.45) is 0 Å². The summed E-state index contributed by atoms with van der Waals surface area (Å²) >= 11 is 0. The molecular weight excluding hydrogens is 328 g/mol. The molecule has 1 aliphatic rings. The molecule has 1 aliphatic heterocycles. The fraction of sp³-hybridized carbons (Fsp3) is 0.450. The molecule has 1 unspecified atom stereocenters. The number of aryl methyl sites for hydroxylation is 1. The van der Waals surface area contributed by atoms with Gasteiger partial charge in [0, 0.05) is 29.2 Å². The van der Waals surface area contributed by atoms with E-state index in [-0.39, 0.29) is 12.0 Å². The van der Waals surface area contributed by atoms with Crippen LogP contribution in [-0.2, 0) is 0 Å². The largest absolute Gasteiger partial charge is 0.494 e. The van der Waals surface area contributed by atoms with E-state index in [1.54, 1.807) is 7.11 Å². The molecule has 1 aromatic carbocycles. The molecule has 1 fully saturated rings. The fourth-order valence-electron chi connectivity index (χ4n) is 3.67. The highest BCUT2D eigenvalue weighted by Gasteiger charge is 2.32. The van der Waals surface area contributed by atoms with E-state index in [0.717, 1.165) is 53.2 Å². The number of fused-ring (bicyclic) bond motifs is 1. The van der Waals surface area contributed by atoms with Crippen molar-refractivity contribution >= 4 is 16.6 Å². The normalized spacial score (nSPS) is 17.4. The lowest BCUT2D eigenvalue weighted by atomic mass is 10.1. The molecule has 0 N–H and O–H groups in total. The van der Waals surface area contributed by atoms with Crippen LogP contribution in [-0.4, -0.2) is 28.8 Å². The number of pyridine rings is 1. The molecule has 4 rings (SSSR count). The highest BCUT2D eigenvalue weighted by atomic mass is 16.5. The van der Waals surface area contributed by atoms with Gasteiger partial charge in [-0.3, -0.25) is 0 Å². The van der Waals surface area contributed by atoms with Gasteiger partial charge in [-0.2, -0.15) is 4.98 Å². The average molecular weight is 352 g/mol. The average Bonchev–Trinajstić information content (AvgIpc) is 3.29. The van der Waals surface area contributed by atoms with Crippen LogP contribution in [0.4, 0.5) is 5.69 Å². The van der Waals surface area contributed by atoms with Crippen LogP contribution < -0.4 is 9.64 Å². The van der Waals surface area contributed by atoms with Gasteiger partial charge in [-0.15, -0.1) is 0 Å². The predicted molar refractivity (Wildman–Crippen MR) is 101 cm³/mol. The summed E-state index contributed by atoms with van der Waals surface area (Å²) in [5.74, 6) is 2.50. The molecule has 26 heavy (non-hydrogen) atoms. The summed E-state index contributed by atoms with van der Waals surface area (Å²) in [4.78, 5) is 11.7. The molecule has 1 saturated heterocycles. The zero-order chi connectivity index (χ0) is 18.3. The highest BCUT2D eigenvalue weighted by Crippen LogP contribution is 2.40. The zero-order valence-corrected chi connectivity index (χ0v) is 15.7. The third-order valence-electron chi connectivity index (χ3n) is 4.94. The van der Waals surface area contributed by atoms with Gasteiger partial charge in [-0.05, 0) is 31.9 Å². The van der Waals surface area contributed by atoms with E-state index >= 15 is 0 Å². The van der Waals surface area contributed by atoms with Gasteiger partial charge >= 0.3 is 0 Å². The van der Waals surface area contributed by atoms with E-state index in [1.807, 2.05) is 19.1 Å². The molecule has 0 amide bonds. The molecular formula is C20H24N4O2. The summed E-state index contributed by atoms with van der Waals surface area (Å²) in [6, 6.07) is 8.34. The number of nitrogens with zero attached hydrogens (tertiary/aromatic N) is 4. The van der Waals surface area contributed by atoms with Crippen LogP contribution in [0, 0.1) is 6.92 Å². The Kier molecular flexibility index (Phi) is 4.26. The van der Waals surface area contributed by atoms with Crippen molar-refractivity contribution in [2.75, 3.05) is 18.6 Å². The molecule has 0 saturated carbocycles. The Morgan fingerprint density at radius 1 is 1.27 bits per heavy atom. The standard InChI is InChI=1S/C20H24N4O2/c1-12(2)20-22-19(23-26-20)15-8-6-10-24(15)16-11-13(3)21-18-14(16)7-5-9-17(18)25-4/h5,7,9,11-12,15H,6,8,10H2,1-4H3. The molecule has 3 heterocycles. The molecule has 0 bridgehead atoms. The van der Waals surface area contributed by atoms with E-state index < -0.39 is 0 Å². The lowest BCUT2D eigenvalue weighted by molar-refractivity contribution is 0.358. The Labute approximate surface area is 153 Å². The SMILES string of the molecule is COc1cccc2c(N3CCCC3c3noc(C(C)C)n3)cc(C)nc12. The summed E-state index contributed by atoms with van der Waals surface area (Å²) in [5, 5.41) is 5.36. The van der Waals surface area contributed by atoms with Gasteiger partial charge in [-0.1, -0.05) is 31.1 Å². The van der Waals surface area contributed by atoms with Crippen molar-refractivity contribution in [1.82, 2.24) is 15.1 Å². The summed E-state index contributed by atoms with van der Waals surface area (Å²) in [6.45, 7) is 7.11. The first-order valence-electron chi connectivity index (χ1n) is 9.13. The van der Waals surface area contributed by atoms with Gasteiger partial charge in [0.1, 0.15) is 11.3 Å². The number of hydrogen-bond donors (Lipinski definition) is 0. The minimum atomic E-state index is 0.127. The van der Waals surface area contributed by atoms with Crippen LogP contribution in [0.25, 0.3) is 10.9 Å². The first-order valence-corrected chi connectivity index (χ1v) is 9.13. The van der Waals surface area contributed by atoms with Crippen molar-refractivity contribution in [3.05, 3.63) is 41.7 Å². The van der Waals surface area contributed by atoms with Crippen molar-refractivity contribution in [3.8, 4) is 5.75 Å². The second-order valence-corrected chi connectivity index (χ2v) is 7.14. The van der Waals surface area contributed by atoms with E-state index in [2.05, 4.69) is 41.0 Å². The van der Waals surface area contributed by atoms with Crippen LogP contribution in [0.5, 0.6) is 5.75 Å². The minimum Gasteiger partial charge on any atom is -0.494 e. The lowest BCUT2D eigenvalue weighted by Gasteiger charge is -2.26. The molecule has 0 spiro atoms. The topological polar surface area (TPSA) is 64.3 Å². The van der Waals surface area contributed by atoms with E-state index in [0.29, 0.717) is 5.89 Å². The van der Waals surface area contributed by atoms with Gasteiger partial charge in [0.15, 0.2) is 5.82 Å². The molecule has 6 nitrogen and oxygen atoms in total. The summed E-state index contributed by atoms with van der Waals surface area (Å²) < 4.78 is 11.0. The van der Waals surface area contributed by atoms with E-state index in [1.165, 1.54) is 0 Å². The maximum atomic E-state index is 5.52. The Hall–Kier alpha value is -2.63. The van der Waals surface area contributed by atoms with Crippen LogP contribution in [0.15, 0.2) is 28.8 Å². The number of benzene rings is 1. The van der Waals surface area contributed by atoms with Crippen LogP contribution in [0.1, 0.15) is 56.1 Å². The molecule has 0 radical (unpaired) electrons. The molecule has 2 aromatic heterocycles. The monoisotopic (exact) mass is 352 g/mol. The Morgan fingerprint density at radius 3 is 2.85 bits per heavy atom. The van der Waals surface area contributed by atoms with Gasteiger partial charge < -0.3 is 14.2 Å². The minimum absolute atomic E-state index is 0.127. The van der Waals surface area contributed by atoms with Gasteiger partial charge in [0.05, 0.1) is 13.2 Å². The molecule has 1 atom stereocenters. The van der Waals surface area contributed by atoms with Gasteiger partial charge in [0.25, 0.3) is 0 Å². The number of methoxy groups -OCH3 is 1. The maximum Gasteiger partial charge on any atom is 0.229 e. The smallest absolute Gasteiger partial charge is 0.229 e. The number of para-hydroxylation sites is 1. The number of ether oxygens (including phenoxy) is 1. The highest BCUT2D eigenvalue weighted by molar-refractivity contribution is 5.95. The molecule has 6 heteroatoms. The predicted octanol–water partition coefficient (Wildman–Crippen LogP) is 4.40. The number of anilines is 1. The summed E-state index contributed by atoms with van der Waals surface area (Å²) in [6.07, 6.45) is 2.12. The van der Waals surface area contributed by atoms with E-state index in [9.17, 15) is 0 Å². The van der Waals surface area contributed by atoms with Crippen molar-refractivity contribution in [1.29, 1.82) is 0 Å². The van der Waals surface area contributed by atoms with Crippen molar-refractivity contribution in [3.63, 3.8) is 0 Å². The number of aromatic nitrogens is 3. The molecule has 3 aromatic rings. The summed E-state index contributed by atoms with van der Waals surface area (Å²) in [7, 11) is 1.68. The first-order chi connectivity index (χ1) is 12.6. The third kappa shape index (κ3) is 2.79. The van der Waals surface area contributed by atoms with Crippen molar-refractivity contribution in [2.45, 2.75) is 45.6 Å². The quantitative estimate of drug-likeness (QED) is 0.693. The Morgan fingerprint density at radius 2 is 2.12 bits per heavy atom. The van der Waals surface area contributed by atoms with Crippen LogP contribution in [0.2, 0.25) is 0 Å². The Balaban J connectivity index is 1.80. The van der Waals surface area contributed by atoms with Crippen LogP contribution in [0.3, 0.4) is 0 Å². The second-order valence-electron chi connectivity index (χ2n) is 7.14. The number of rotatable bonds is 4. The molecule has 136 valence electrons. The summed E-state index contributed by atoms with van der Waals surface area (Å²) in [5.41, 5.74) is 3.02. The first kappa shape index (κ1) is 16.8. The van der Waals surface area contributed by atoms with Gasteiger partial charge in [-0.25, -0.2) is 4.98 Å². The maximum absolute atomic E-state index is 5.52. The Bertz CT molecular complexity index is 935. The zero-order valence-electron chi connectivity index (χ0n) is 15.7. The van der Waals surface area contributed by atoms with E-state index in [4.69, 9.17) is 14.2 Å². The molecule has 0 aliphatic carbocycles. The second kappa shape index (κ2) is 6.59. The van der Waals surface area contributed by atoms with Crippen LogP contribution >= 0.6 is 0 Å². The fourth-order valence-corrected chi connectivity index (χ4v) is 3.67. The van der Waals surface area contributed by atoms with Crippen molar-refractivity contribution < 1.29 is 9.26 Å². The lowest BCUT2D eigenvalue weighted by Crippen LogP contribution is -2.24. The number of hydrogen-bond acceptors (Lipinski definition) is 6. The van der Waals surface area contributed by atoms with Gasteiger partial charge in [0.2, 0.25) is 5.89 Å².